The van der Waals surface area contributed by atoms with Crippen LogP contribution in [0.3, 0.4) is 0 Å². The third-order valence-corrected chi connectivity index (χ3v) is 0. The van der Waals surface area contributed by atoms with Crippen molar-refractivity contribution >= 4 is 169 Å². The molecule has 0 aliphatic rings. The summed E-state index contributed by atoms with van der Waals surface area (Å²) in [5.74, 6) is 0. The fraction of sp³-hybridized carbons (Fsp3) is 0. The van der Waals surface area contributed by atoms with E-state index in [0.717, 1.165) is 0 Å². The Hall–Kier alpha value is 5.54. The summed E-state index contributed by atoms with van der Waals surface area (Å²) in [5, 5.41) is 0. The van der Waals surface area contributed by atoms with E-state index in [4.69, 9.17) is 0 Å². The van der Waals surface area contributed by atoms with E-state index in [1.807, 2.05) is 0 Å². The molecule has 0 saturated heterocycles. The second kappa shape index (κ2) is 31.3. The molecule has 0 spiro atoms. The molecular weight excluding hydrogens is 372 g/mol. The van der Waals surface area contributed by atoms with E-state index in [9.17, 15) is 0 Å². The Labute approximate surface area is 164 Å². The second-order valence-electron chi connectivity index (χ2n) is 0. The van der Waals surface area contributed by atoms with Crippen molar-refractivity contribution in [3.63, 3.8) is 0 Å². The summed E-state index contributed by atoms with van der Waals surface area (Å²) in [7, 11) is 0. The summed E-state index contributed by atoms with van der Waals surface area (Å²) in [6.07, 6.45) is 0. The molecule has 2 radical (unpaired) electrons. The normalized spacial score (nSPS) is 0. The van der Waals surface area contributed by atoms with E-state index in [1.54, 1.807) is 0 Å². The van der Waals surface area contributed by atoms with Crippen molar-refractivity contribution in [2.45, 2.75) is 0 Å². The molecule has 0 heterocycles. The van der Waals surface area contributed by atoms with Crippen LogP contribution in [0.1, 0.15) is 0 Å². The van der Waals surface area contributed by atoms with Gasteiger partial charge in [0.05, 0.1) is 0 Å². The van der Waals surface area contributed by atoms with Gasteiger partial charge in [-0.2, -0.15) is 0 Å². The van der Waals surface area contributed by atoms with Gasteiger partial charge in [-0.3, -0.25) is 0 Å². The van der Waals surface area contributed by atoms with Crippen LogP contribution in [-0.2, 0) is 0 Å². The standard InChI is InChI=1S/Ga.In.K.Li.Na.Sn.11H. The van der Waals surface area contributed by atoms with Crippen LogP contribution >= 0.6 is 0 Å². The van der Waals surface area contributed by atoms with Gasteiger partial charge in [-0.05, 0) is 0 Å². The Bertz CT molecular complexity index is 15.5. The molecule has 0 aromatic heterocycles. The third kappa shape index (κ3) is 22.7. The topological polar surface area (TPSA) is 0 Å². The Morgan fingerprint density at radius 3 is 1.00 bits per heavy atom. The quantitative estimate of drug-likeness (QED) is 0.367. The average Bonchev–Trinajstić information content (AvgIpc) is 0. The predicted octanol–water partition coefficient (Wildman–Crippen LogP) is -5.23. The Morgan fingerprint density at radius 1 is 1.00 bits per heavy atom. The van der Waals surface area contributed by atoms with Gasteiger partial charge in [0.15, 0.2) is 0 Å². The van der Waals surface area contributed by atoms with Crippen LogP contribution in [0.5, 0.6) is 0 Å². The molecule has 0 saturated carbocycles. The van der Waals surface area contributed by atoms with Crippen LogP contribution in [0.2, 0.25) is 0 Å². The first-order chi connectivity index (χ1) is 0. The number of hydrogen-bond acceptors (Lipinski definition) is 0. The molecule has 0 fully saturated rings. The van der Waals surface area contributed by atoms with Crippen molar-refractivity contribution in [2.24, 2.45) is 0 Å². The van der Waals surface area contributed by atoms with Crippen molar-refractivity contribution in [1.29, 1.82) is 0 Å². The van der Waals surface area contributed by atoms with E-state index < -0.39 is 0 Å². The van der Waals surface area contributed by atoms with Crippen LogP contribution in [0.4, 0.5) is 0 Å². The molecule has 0 atom stereocenters. The average molecular weight is 383 g/mol. The van der Waals surface area contributed by atoms with Gasteiger partial charge >= 0.3 is 169 Å². The summed E-state index contributed by atoms with van der Waals surface area (Å²) in [5.41, 5.74) is 0. The zero-order valence-corrected chi connectivity index (χ0v) is 4.74. The fourth-order valence-corrected chi connectivity index (χ4v) is 0. The molecule has 0 bridgehead atoms. The molecule has 6 heteroatoms. The van der Waals surface area contributed by atoms with Gasteiger partial charge < -0.3 is 0 Å². The Morgan fingerprint density at radius 2 is 1.00 bits per heavy atom. The third-order valence-electron chi connectivity index (χ3n) is 0. The zero-order chi connectivity index (χ0) is 0. The Balaban J connectivity index is 0. The molecule has 0 aliphatic heterocycles. The fourth-order valence-electron chi connectivity index (χ4n) is 0. The van der Waals surface area contributed by atoms with E-state index in [2.05, 4.69) is 0 Å². The first-order valence-electron chi connectivity index (χ1n) is 0. The summed E-state index contributed by atoms with van der Waals surface area (Å²) in [4.78, 5) is 0. The monoisotopic (exact) mass is 384 g/mol. The summed E-state index contributed by atoms with van der Waals surface area (Å²) < 4.78 is 0. The van der Waals surface area contributed by atoms with Crippen molar-refractivity contribution in [3.05, 3.63) is 0 Å². The van der Waals surface area contributed by atoms with Gasteiger partial charge in [0.1, 0.15) is 0 Å². The minimum atomic E-state index is 0. The van der Waals surface area contributed by atoms with Gasteiger partial charge in [-0.15, -0.1) is 0 Å². The summed E-state index contributed by atoms with van der Waals surface area (Å²) in [6, 6.07) is 0. The van der Waals surface area contributed by atoms with E-state index in [0.29, 0.717) is 0 Å². The van der Waals surface area contributed by atoms with E-state index >= 15 is 0 Å². The van der Waals surface area contributed by atoms with Crippen molar-refractivity contribution in [1.82, 2.24) is 0 Å². The van der Waals surface area contributed by atoms with Gasteiger partial charge in [0.2, 0.25) is 0 Å². The molecular formula is H11GaInKLiNaSn. The molecule has 24 valence electrons. The first kappa shape index (κ1) is 41.8. The molecule has 0 aromatic rings. The SMILES string of the molecule is [GaH3].[InH3].[KH].[LiH].[NaH].[SnH2]. The number of hydrogen-bond donors (Lipinski definition) is 0. The molecule has 0 amide bonds. The van der Waals surface area contributed by atoms with Crippen LogP contribution < -0.4 is 0 Å². The van der Waals surface area contributed by atoms with Crippen LogP contribution in [0, 0.1) is 0 Å². The predicted molar refractivity (Wildman–Crippen MR) is 49.9 cm³/mol. The first-order valence-corrected chi connectivity index (χ1v) is 0. The molecule has 6 heavy (non-hydrogen) atoms. The Kier molecular flexibility index (Phi) is 218. The van der Waals surface area contributed by atoms with Gasteiger partial charge in [-0.1, -0.05) is 0 Å². The second-order valence-corrected chi connectivity index (χ2v) is 0. The maximum absolute atomic E-state index is 0. The van der Waals surface area contributed by atoms with E-state index in [1.165, 1.54) is 0 Å². The van der Waals surface area contributed by atoms with Gasteiger partial charge in [0, 0.05) is 0 Å². The molecule has 0 aliphatic carbocycles. The van der Waals surface area contributed by atoms with Crippen molar-refractivity contribution in [3.8, 4) is 0 Å². The van der Waals surface area contributed by atoms with Crippen LogP contribution in [0.15, 0.2) is 0 Å². The van der Waals surface area contributed by atoms with Crippen LogP contribution in [0.25, 0.3) is 0 Å². The van der Waals surface area contributed by atoms with Gasteiger partial charge in [-0.25, -0.2) is 0 Å². The molecule has 0 unspecified atom stereocenters. The molecule has 0 N–H and O–H groups in total. The maximum atomic E-state index is 0. The minimum absolute atomic E-state index is 0. The van der Waals surface area contributed by atoms with Gasteiger partial charge in [0.25, 0.3) is 0 Å². The van der Waals surface area contributed by atoms with Crippen LogP contribution in [-0.4, -0.2) is 169 Å². The van der Waals surface area contributed by atoms with Crippen molar-refractivity contribution in [2.75, 3.05) is 0 Å². The summed E-state index contributed by atoms with van der Waals surface area (Å²) in [6.45, 7) is 0. The molecule has 0 rings (SSSR count). The number of rotatable bonds is 0. The molecule has 0 aromatic carbocycles. The zero-order valence-electron chi connectivity index (χ0n) is 0.707. The van der Waals surface area contributed by atoms with E-state index in [-0.39, 0.29) is 169 Å². The molecule has 0 nitrogen and oxygen atoms in total. The van der Waals surface area contributed by atoms with Crippen molar-refractivity contribution < 1.29 is 0 Å². The summed E-state index contributed by atoms with van der Waals surface area (Å²) >= 11 is 0.